The maximum Gasteiger partial charge on any atom is 0.251 e. The highest BCUT2D eigenvalue weighted by molar-refractivity contribution is 6.29. The molecule has 1 fully saturated rings. The van der Waals surface area contributed by atoms with Crippen LogP contribution in [0.2, 0.25) is 5.15 Å². The fourth-order valence-corrected chi connectivity index (χ4v) is 3.25. The Morgan fingerprint density at radius 1 is 1.38 bits per heavy atom. The topological polar surface area (TPSA) is 45.2 Å². The molecule has 1 heterocycles. The number of hydrogen-bond acceptors (Lipinski definition) is 3. The molecule has 1 aliphatic carbocycles. The predicted molar refractivity (Wildman–Crippen MR) is 85.8 cm³/mol. The molecule has 0 radical (unpaired) electrons. The van der Waals surface area contributed by atoms with Crippen LogP contribution in [0.1, 0.15) is 48.7 Å². The zero-order valence-corrected chi connectivity index (χ0v) is 13.8. The standard InChI is InChI=1S/C16H24ClN3O/c1-4-13-9-12(10-14(17)19-13)15(21)18-11-16(20(2)3)7-5-6-8-16/h9-10H,4-8,11H2,1-3H3,(H,18,21). The first kappa shape index (κ1) is 16.2. The van der Waals surface area contributed by atoms with E-state index in [4.69, 9.17) is 11.6 Å². The summed E-state index contributed by atoms with van der Waals surface area (Å²) in [6.45, 7) is 2.68. The Kier molecular flexibility index (Phi) is 5.22. The average molecular weight is 310 g/mol. The number of carbonyl (C=O) groups excluding carboxylic acids is 1. The van der Waals surface area contributed by atoms with E-state index in [9.17, 15) is 4.79 Å². The third-order valence-corrected chi connectivity index (χ3v) is 4.73. The normalized spacial score (nSPS) is 17.2. The number of hydrogen-bond donors (Lipinski definition) is 1. The predicted octanol–water partition coefficient (Wildman–Crippen LogP) is 2.90. The van der Waals surface area contributed by atoms with Gasteiger partial charge in [0, 0.05) is 23.3 Å². The number of amides is 1. The van der Waals surface area contributed by atoms with Crippen molar-refractivity contribution in [2.75, 3.05) is 20.6 Å². The van der Waals surface area contributed by atoms with Gasteiger partial charge in [-0.2, -0.15) is 0 Å². The Labute approximate surface area is 131 Å². The van der Waals surface area contributed by atoms with E-state index in [1.54, 1.807) is 6.07 Å². The van der Waals surface area contributed by atoms with Crippen LogP contribution in [-0.2, 0) is 6.42 Å². The summed E-state index contributed by atoms with van der Waals surface area (Å²) in [5.74, 6) is -0.0675. The maximum atomic E-state index is 12.4. The van der Waals surface area contributed by atoms with Crippen LogP contribution in [0, 0.1) is 0 Å². The quantitative estimate of drug-likeness (QED) is 0.851. The van der Waals surface area contributed by atoms with Gasteiger partial charge in [-0.1, -0.05) is 31.4 Å². The molecule has 21 heavy (non-hydrogen) atoms. The van der Waals surface area contributed by atoms with E-state index < -0.39 is 0 Å². The molecular weight excluding hydrogens is 286 g/mol. The minimum atomic E-state index is -0.0675. The minimum Gasteiger partial charge on any atom is -0.350 e. The molecule has 1 saturated carbocycles. The van der Waals surface area contributed by atoms with E-state index in [2.05, 4.69) is 29.3 Å². The van der Waals surface area contributed by atoms with Gasteiger partial charge in [0.25, 0.3) is 5.91 Å². The number of nitrogens with zero attached hydrogens (tertiary/aromatic N) is 2. The largest absolute Gasteiger partial charge is 0.350 e. The summed E-state index contributed by atoms with van der Waals surface area (Å²) in [5, 5.41) is 3.45. The number of aromatic nitrogens is 1. The van der Waals surface area contributed by atoms with Gasteiger partial charge in [-0.05, 0) is 45.5 Å². The van der Waals surface area contributed by atoms with Gasteiger partial charge in [-0.15, -0.1) is 0 Å². The molecule has 1 aromatic heterocycles. The number of aryl methyl sites for hydroxylation is 1. The third-order valence-electron chi connectivity index (χ3n) is 4.53. The second-order valence-corrected chi connectivity index (χ2v) is 6.42. The summed E-state index contributed by atoms with van der Waals surface area (Å²) >= 11 is 5.98. The summed E-state index contributed by atoms with van der Waals surface area (Å²) in [5.41, 5.74) is 1.54. The average Bonchev–Trinajstić information content (AvgIpc) is 2.94. The number of likely N-dealkylation sites (N-methyl/N-ethyl adjacent to an activating group) is 1. The third kappa shape index (κ3) is 3.74. The van der Waals surface area contributed by atoms with Crippen LogP contribution >= 0.6 is 11.6 Å². The van der Waals surface area contributed by atoms with Crippen molar-refractivity contribution in [3.8, 4) is 0 Å². The van der Waals surface area contributed by atoms with Gasteiger partial charge in [-0.3, -0.25) is 4.79 Å². The van der Waals surface area contributed by atoms with E-state index in [1.165, 1.54) is 12.8 Å². The summed E-state index contributed by atoms with van der Waals surface area (Å²) < 4.78 is 0. The SMILES string of the molecule is CCc1cc(C(=O)NCC2(N(C)C)CCCC2)cc(Cl)n1. The van der Waals surface area contributed by atoms with E-state index in [-0.39, 0.29) is 11.4 Å². The van der Waals surface area contributed by atoms with Gasteiger partial charge >= 0.3 is 0 Å². The molecule has 4 nitrogen and oxygen atoms in total. The highest BCUT2D eigenvalue weighted by Crippen LogP contribution is 2.33. The van der Waals surface area contributed by atoms with E-state index in [0.29, 0.717) is 17.3 Å². The van der Waals surface area contributed by atoms with Crippen molar-refractivity contribution >= 4 is 17.5 Å². The van der Waals surface area contributed by atoms with Crippen LogP contribution in [0.25, 0.3) is 0 Å². The highest BCUT2D eigenvalue weighted by atomic mass is 35.5. The molecule has 0 unspecified atom stereocenters. The van der Waals surface area contributed by atoms with Crippen LogP contribution in [0.5, 0.6) is 0 Å². The Hall–Kier alpha value is -1.13. The molecule has 0 saturated heterocycles. The minimum absolute atomic E-state index is 0.0675. The first-order valence-corrected chi connectivity index (χ1v) is 7.97. The summed E-state index contributed by atoms with van der Waals surface area (Å²) in [6, 6.07) is 3.45. The van der Waals surface area contributed by atoms with E-state index >= 15 is 0 Å². The van der Waals surface area contributed by atoms with E-state index in [0.717, 1.165) is 25.0 Å². The first-order chi connectivity index (χ1) is 9.97. The van der Waals surface area contributed by atoms with Crippen LogP contribution in [-0.4, -0.2) is 42.0 Å². The lowest BCUT2D eigenvalue weighted by Gasteiger charge is -2.36. The van der Waals surface area contributed by atoms with Crippen molar-refractivity contribution in [3.05, 3.63) is 28.5 Å². The maximum absolute atomic E-state index is 12.4. The monoisotopic (exact) mass is 309 g/mol. The lowest BCUT2D eigenvalue weighted by Crippen LogP contribution is -2.50. The van der Waals surface area contributed by atoms with Crippen LogP contribution < -0.4 is 5.32 Å². The van der Waals surface area contributed by atoms with Crippen LogP contribution in [0.3, 0.4) is 0 Å². The second kappa shape index (κ2) is 6.75. The fourth-order valence-electron chi connectivity index (χ4n) is 3.03. The zero-order valence-electron chi connectivity index (χ0n) is 13.1. The number of carbonyl (C=O) groups is 1. The van der Waals surface area contributed by atoms with Gasteiger partial charge in [0.05, 0.1) is 0 Å². The molecule has 1 aliphatic rings. The van der Waals surface area contributed by atoms with Crippen molar-refractivity contribution in [2.24, 2.45) is 0 Å². The molecule has 1 amide bonds. The summed E-state index contributed by atoms with van der Waals surface area (Å²) in [6.07, 6.45) is 5.50. The van der Waals surface area contributed by atoms with Crippen molar-refractivity contribution in [3.63, 3.8) is 0 Å². The molecule has 0 bridgehead atoms. The van der Waals surface area contributed by atoms with Gasteiger partial charge in [0.15, 0.2) is 0 Å². The fraction of sp³-hybridized carbons (Fsp3) is 0.625. The molecule has 0 aromatic carbocycles. The van der Waals surface area contributed by atoms with Crippen molar-refractivity contribution < 1.29 is 4.79 Å². The molecule has 0 atom stereocenters. The van der Waals surface area contributed by atoms with Crippen molar-refractivity contribution in [1.82, 2.24) is 15.2 Å². The Morgan fingerprint density at radius 3 is 2.62 bits per heavy atom. The van der Waals surface area contributed by atoms with Gasteiger partial charge < -0.3 is 10.2 Å². The van der Waals surface area contributed by atoms with E-state index in [1.807, 2.05) is 13.0 Å². The van der Waals surface area contributed by atoms with Crippen LogP contribution in [0.4, 0.5) is 0 Å². The highest BCUT2D eigenvalue weighted by Gasteiger charge is 2.36. The molecule has 5 heteroatoms. The zero-order chi connectivity index (χ0) is 15.5. The number of halogens is 1. The molecule has 1 aromatic rings. The summed E-state index contributed by atoms with van der Waals surface area (Å²) in [4.78, 5) is 18.8. The van der Waals surface area contributed by atoms with Gasteiger partial charge in [0.1, 0.15) is 5.15 Å². The van der Waals surface area contributed by atoms with Crippen molar-refractivity contribution in [1.29, 1.82) is 0 Å². The lowest BCUT2D eigenvalue weighted by molar-refractivity contribution is 0.0900. The number of rotatable bonds is 5. The number of nitrogens with one attached hydrogen (secondary N) is 1. The van der Waals surface area contributed by atoms with Gasteiger partial charge in [-0.25, -0.2) is 4.98 Å². The van der Waals surface area contributed by atoms with Gasteiger partial charge in [0.2, 0.25) is 0 Å². The molecule has 0 spiro atoms. The molecule has 116 valence electrons. The molecule has 2 rings (SSSR count). The second-order valence-electron chi connectivity index (χ2n) is 6.03. The molecule has 1 N–H and O–H groups in total. The Bertz CT molecular complexity index is 510. The lowest BCUT2D eigenvalue weighted by atomic mass is 9.96. The molecular formula is C16H24ClN3O. The summed E-state index contributed by atoms with van der Waals surface area (Å²) in [7, 11) is 4.19. The first-order valence-electron chi connectivity index (χ1n) is 7.59. The smallest absolute Gasteiger partial charge is 0.251 e. The Morgan fingerprint density at radius 2 is 2.05 bits per heavy atom. The molecule has 0 aliphatic heterocycles. The van der Waals surface area contributed by atoms with Crippen LogP contribution in [0.15, 0.2) is 12.1 Å². The Balaban J connectivity index is 2.06. The van der Waals surface area contributed by atoms with Crippen molar-refractivity contribution in [2.45, 2.75) is 44.6 Å². The number of pyridine rings is 1.